The van der Waals surface area contributed by atoms with E-state index in [1.165, 1.54) is 33.4 Å². The predicted molar refractivity (Wildman–Crippen MR) is 116 cm³/mol. The summed E-state index contributed by atoms with van der Waals surface area (Å²) in [4.78, 5) is 0. The fourth-order valence-corrected chi connectivity index (χ4v) is 3.36. The van der Waals surface area contributed by atoms with Crippen LogP contribution < -0.4 is 0 Å². The van der Waals surface area contributed by atoms with Crippen molar-refractivity contribution in [1.82, 2.24) is 0 Å². The van der Waals surface area contributed by atoms with Crippen molar-refractivity contribution >= 4 is 17.7 Å². The largest absolute Gasteiger partial charge is 0.0622 e. The van der Waals surface area contributed by atoms with Gasteiger partial charge in [0.15, 0.2) is 0 Å². The molecule has 0 atom stereocenters. The molecule has 0 N–H and O–H groups in total. The van der Waals surface area contributed by atoms with Gasteiger partial charge in [0.2, 0.25) is 0 Å². The maximum atomic E-state index is 2.41. The molecule has 0 unspecified atom stereocenters. The highest BCUT2D eigenvalue weighted by molar-refractivity contribution is 5.92. The fourth-order valence-electron chi connectivity index (χ4n) is 3.36. The van der Waals surface area contributed by atoms with E-state index in [-0.39, 0.29) is 10.8 Å². The van der Waals surface area contributed by atoms with Crippen LogP contribution in [0.3, 0.4) is 0 Å². The summed E-state index contributed by atoms with van der Waals surface area (Å²) in [5.74, 6) is 0. The zero-order valence-corrected chi connectivity index (χ0v) is 16.9. The smallest absolute Gasteiger partial charge is 0.0106 e. The topological polar surface area (TPSA) is 0 Å². The monoisotopic (exact) mass is 342 g/mol. The molecule has 1 aliphatic carbocycles. The normalized spacial score (nSPS) is 15.8. The molecular weight excluding hydrogens is 312 g/mol. The van der Waals surface area contributed by atoms with Crippen LogP contribution in [0.25, 0.3) is 17.7 Å². The van der Waals surface area contributed by atoms with Gasteiger partial charge in [0, 0.05) is 0 Å². The van der Waals surface area contributed by atoms with E-state index >= 15 is 0 Å². The molecule has 0 bridgehead atoms. The SMILES string of the molecule is CC(C)(C)c1cc2c(c(C(C)(C)C)c1)C=C/C2=C\C=C\c1ccccc1. The van der Waals surface area contributed by atoms with Gasteiger partial charge in [-0.15, -0.1) is 0 Å². The van der Waals surface area contributed by atoms with Gasteiger partial charge in [-0.25, -0.2) is 0 Å². The molecule has 0 aromatic heterocycles. The van der Waals surface area contributed by atoms with Crippen LogP contribution in [0.1, 0.15) is 69.4 Å². The van der Waals surface area contributed by atoms with Crippen molar-refractivity contribution < 1.29 is 0 Å². The van der Waals surface area contributed by atoms with Crippen molar-refractivity contribution in [3.63, 3.8) is 0 Å². The summed E-state index contributed by atoms with van der Waals surface area (Å²) < 4.78 is 0. The summed E-state index contributed by atoms with van der Waals surface area (Å²) in [5, 5.41) is 0. The highest BCUT2D eigenvalue weighted by Crippen LogP contribution is 2.40. The summed E-state index contributed by atoms with van der Waals surface area (Å²) >= 11 is 0. The summed E-state index contributed by atoms with van der Waals surface area (Å²) in [6, 6.07) is 15.2. The third-order valence-electron chi connectivity index (χ3n) is 4.96. The maximum absolute atomic E-state index is 2.41. The van der Waals surface area contributed by atoms with E-state index < -0.39 is 0 Å². The molecule has 0 saturated heterocycles. The third-order valence-corrected chi connectivity index (χ3v) is 4.96. The van der Waals surface area contributed by atoms with Crippen molar-refractivity contribution in [2.24, 2.45) is 0 Å². The average Bonchev–Trinajstić information content (AvgIpc) is 2.96. The van der Waals surface area contributed by atoms with Gasteiger partial charge in [-0.3, -0.25) is 0 Å². The molecule has 0 nitrogen and oxygen atoms in total. The molecule has 0 heterocycles. The molecule has 1 aliphatic rings. The molecule has 0 spiro atoms. The average molecular weight is 343 g/mol. The second-order valence-corrected chi connectivity index (χ2v) is 9.21. The van der Waals surface area contributed by atoms with Gasteiger partial charge >= 0.3 is 0 Å². The lowest BCUT2D eigenvalue weighted by Gasteiger charge is -2.27. The van der Waals surface area contributed by atoms with Crippen LogP contribution in [0.5, 0.6) is 0 Å². The minimum Gasteiger partial charge on any atom is -0.0622 e. The second-order valence-electron chi connectivity index (χ2n) is 9.21. The van der Waals surface area contributed by atoms with Crippen LogP contribution in [0.2, 0.25) is 0 Å². The Balaban J connectivity index is 2.05. The van der Waals surface area contributed by atoms with Crippen molar-refractivity contribution in [1.29, 1.82) is 0 Å². The zero-order valence-electron chi connectivity index (χ0n) is 16.9. The molecule has 3 rings (SSSR count). The minimum absolute atomic E-state index is 0.130. The lowest BCUT2D eigenvalue weighted by atomic mass is 9.77. The molecule has 0 fully saturated rings. The van der Waals surface area contributed by atoms with Crippen molar-refractivity contribution in [2.45, 2.75) is 52.4 Å². The van der Waals surface area contributed by atoms with Crippen LogP contribution in [0.15, 0.2) is 60.7 Å². The molecule has 2 aromatic carbocycles. The molecule has 0 aliphatic heterocycles. The Morgan fingerprint density at radius 3 is 2.08 bits per heavy atom. The van der Waals surface area contributed by atoms with Gasteiger partial charge in [-0.1, -0.05) is 114 Å². The van der Waals surface area contributed by atoms with Gasteiger partial charge in [-0.05, 0) is 44.2 Å². The van der Waals surface area contributed by atoms with Crippen LogP contribution in [0, 0.1) is 0 Å². The zero-order chi connectivity index (χ0) is 18.9. The third kappa shape index (κ3) is 3.90. The number of hydrogen-bond acceptors (Lipinski definition) is 0. The minimum atomic E-state index is 0.130. The van der Waals surface area contributed by atoms with E-state index in [0.717, 1.165) is 0 Å². The van der Waals surface area contributed by atoms with Gasteiger partial charge in [0.1, 0.15) is 0 Å². The Kier molecular flexibility index (Phi) is 4.80. The molecule has 0 radical (unpaired) electrons. The first kappa shape index (κ1) is 18.5. The van der Waals surface area contributed by atoms with Crippen molar-refractivity contribution in [3.8, 4) is 0 Å². The first-order valence-electron chi connectivity index (χ1n) is 9.47. The quantitative estimate of drug-likeness (QED) is 0.533. The van der Waals surface area contributed by atoms with Crippen LogP contribution in [-0.2, 0) is 10.8 Å². The van der Waals surface area contributed by atoms with E-state index in [2.05, 4.69) is 108 Å². The molecule has 0 saturated carbocycles. The van der Waals surface area contributed by atoms with E-state index in [0.29, 0.717) is 0 Å². The Morgan fingerprint density at radius 1 is 0.769 bits per heavy atom. The van der Waals surface area contributed by atoms with E-state index in [1.54, 1.807) is 0 Å². The number of benzene rings is 2. The Morgan fingerprint density at radius 2 is 1.46 bits per heavy atom. The lowest BCUT2D eigenvalue weighted by molar-refractivity contribution is 0.567. The van der Waals surface area contributed by atoms with Gasteiger partial charge < -0.3 is 0 Å². The molecule has 0 amide bonds. The Labute approximate surface area is 159 Å². The number of allylic oxidation sites excluding steroid dienone is 4. The molecule has 0 heteroatoms. The van der Waals surface area contributed by atoms with E-state index in [1.807, 2.05) is 6.07 Å². The Hall–Kier alpha value is -2.34. The standard InChI is InChI=1S/C26H30/c1-25(2,3)21-17-23-20(14-10-13-19-11-8-7-9-12-19)15-16-22(23)24(18-21)26(4,5)6/h7-18H,1-6H3/b13-10+,20-14+. The lowest BCUT2D eigenvalue weighted by Crippen LogP contribution is -2.18. The summed E-state index contributed by atoms with van der Waals surface area (Å²) in [5.41, 5.74) is 8.38. The maximum Gasteiger partial charge on any atom is -0.0106 e. The first-order valence-corrected chi connectivity index (χ1v) is 9.47. The number of hydrogen-bond donors (Lipinski definition) is 0. The molecule has 2 aromatic rings. The van der Waals surface area contributed by atoms with E-state index in [9.17, 15) is 0 Å². The molecular formula is C26H30. The summed E-state index contributed by atoms with van der Waals surface area (Å²) in [7, 11) is 0. The first-order chi connectivity index (χ1) is 12.2. The highest BCUT2D eigenvalue weighted by Gasteiger charge is 2.26. The van der Waals surface area contributed by atoms with Gasteiger partial charge in [-0.2, -0.15) is 0 Å². The number of rotatable bonds is 2. The summed E-state index contributed by atoms with van der Waals surface area (Å²) in [6.07, 6.45) is 11.1. The van der Waals surface area contributed by atoms with Crippen LogP contribution in [0.4, 0.5) is 0 Å². The molecule has 134 valence electrons. The van der Waals surface area contributed by atoms with Crippen LogP contribution in [-0.4, -0.2) is 0 Å². The molecule has 26 heavy (non-hydrogen) atoms. The van der Waals surface area contributed by atoms with Gasteiger partial charge in [0.25, 0.3) is 0 Å². The predicted octanol–water partition coefficient (Wildman–Crippen LogP) is 7.41. The van der Waals surface area contributed by atoms with E-state index in [4.69, 9.17) is 0 Å². The van der Waals surface area contributed by atoms with Crippen LogP contribution >= 0.6 is 0 Å². The fraction of sp³-hybridized carbons (Fsp3) is 0.308. The second kappa shape index (κ2) is 6.76. The van der Waals surface area contributed by atoms with Crippen molar-refractivity contribution in [3.05, 3.63) is 88.5 Å². The summed E-state index contributed by atoms with van der Waals surface area (Å²) in [6.45, 7) is 13.8. The van der Waals surface area contributed by atoms with Gasteiger partial charge in [0.05, 0.1) is 0 Å². The number of fused-ring (bicyclic) bond motifs is 1. The Bertz CT molecular complexity index is 876. The van der Waals surface area contributed by atoms with Crippen molar-refractivity contribution in [2.75, 3.05) is 0 Å². The highest BCUT2D eigenvalue weighted by atomic mass is 14.3.